The molecule has 0 spiro atoms. The van der Waals surface area contributed by atoms with Crippen molar-refractivity contribution in [2.75, 3.05) is 13.2 Å². The number of hydrogen-bond donors (Lipinski definition) is 0. The molecule has 0 rings (SSSR count). The van der Waals surface area contributed by atoms with E-state index in [-0.39, 0.29) is 31.1 Å². The van der Waals surface area contributed by atoms with Gasteiger partial charge in [-0.1, -0.05) is 206 Å². The molecule has 0 aromatic carbocycles. The fourth-order valence-corrected chi connectivity index (χ4v) is 6.35. The predicted octanol–water partition coefficient (Wildman–Crippen LogP) is 16.5. The Morgan fingerprint density at radius 1 is 0.349 bits per heavy atom. The Hall–Kier alpha value is -4.19. The Labute approximate surface area is 386 Å². The fourth-order valence-electron chi connectivity index (χ4n) is 6.35. The molecule has 0 fully saturated rings. The first-order valence-corrected chi connectivity index (χ1v) is 25.1. The van der Waals surface area contributed by atoms with E-state index in [1.165, 1.54) is 38.5 Å². The SMILES string of the molecule is CC\C=C/C=C\C=C/CCCCCCCCCC(=O)OC(COC(=O)CCCC/C=C\C/C=C\C/C=C\CC)COC(=O)CCCCCCC\C=C/C=C\C=C/C=C\CCCCC. The van der Waals surface area contributed by atoms with Crippen molar-refractivity contribution in [3.63, 3.8) is 0 Å². The highest BCUT2D eigenvalue weighted by Crippen LogP contribution is 2.13. The van der Waals surface area contributed by atoms with E-state index in [1.807, 2.05) is 0 Å². The van der Waals surface area contributed by atoms with Gasteiger partial charge in [0.2, 0.25) is 0 Å². The van der Waals surface area contributed by atoms with Crippen molar-refractivity contribution < 1.29 is 28.6 Å². The van der Waals surface area contributed by atoms with Crippen LogP contribution in [0.2, 0.25) is 0 Å². The van der Waals surface area contributed by atoms with Crippen LogP contribution in [0.25, 0.3) is 0 Å². The van der Waals surface area contributed by atoms with Crippen LogP contribution < -0.4 is 0 Å². The lowest BCUT2D eigenvalue weighted by atomic mass is 10.1. The third-order valence-electron chi connectivity index (χ3n) is 10.1. The summed E-state index contributed by atoms with van der Waals surface area (Å²) in [7, 11) is 0. The summed E-state index contributed by atoms with van der Waals surface area (Å²) in [5, 5.41) is 0. The van der Waals surface area contributed by atoms with Crippen molar-refractivity contribution in [2.24, 2.45) is 0 Å². The molecule has 63 heavy (non-hydrogen) atoms. The van der Waals surface area contributed by atoms with Gasteiger partial charge in [0.05, 0.1) is 0 Å². The molecule has 0 radical (unpaired) electrons. The number of carbonyl (C=O) groups is 3. The molecule has 0 N–H and O–H groups in total. The molecule has 0 saturated carbocycles. The smallest absolute Gasteiger partial charge is 0.306 e. The Bertz CT molecular complexity index is 1370. The van der Waals surface area contributed by atoms with Gasteiger partial charge in [0.1, 0.15) is 13.2 Å². The fraction of sp³-hybridized carbons (Fsp3) is 0.596. The second kappa shape index (κ2) is 50.5. The lowest BCUT2D eigenvalue weighted by molar-refractivity contribution is -0.167. The minimum atomic E-state index is -0.813. The number of unbranched alkanes of at least 4 members (excludes halogenated alkanes) is 17. The van der Waals surface area contributed by atoms with Gasteiger partial charge in [-0.15, -0.1) is 0 Å². The van der Waals surface area contributed by atoms with Gasteiger partial charge in [0, 0.05) is 19.3 Å². The lowest BCUT2D eigenvalue weighted by Gasteiger charge is -2.18. The Kier molecular flexibility index (Phi) is 47.1. The molecule has 0 aromatic rings. The van der Waals surface area contributed by atoms with Gasteiger partial charge in [-0.2, -0.15) is 0 Å². The number of carbonyl (C=O) groups excluding carboxylic acids is 3. The van der Waals surface area contributed by atoms with Crippen LogP contribution in [-0.2, 0) is 28.6 Å². The molecule has 0 aliphatic heterocycles. The van der Waals surface area contributed by atoms with Crippen LogP contribution in [-0.4, -0.2) is 37.2 Å². The maximum atomic E-state index is 12.8. The number of esters is 3. The summed E-state index contributed by atoms with van der Waals surface area (Å²) in [5.41, 5.74) is 0. The zero-order valence-electron chi connectivity index (χ0n) is 40.3. The molecule has 1 atom stereocenters. The average Bonchev–Trinajstić information content (AvgIpc) is 3.28. The van der Waals surface area contributed by atoms with Crippen LogP contribution in [0.4, 0.5) is 0 Å². The van der Waals surface area contributed by atoms with E-state index in [9.17, 15) is 14.4 Å². The zero-order chi connectivity index (χ0) is 45.8. The van der Waals surface area contributed by atoms with Gasteiger partial charge < -0.3 is 14.2 Å². The number of hydrogen-bond acceptors (Lipinski definition) is 6. The van der Waals surface area contributed by atoms with Crippen molar-refractivity contribution in [2.45, 2.75) is 207 Å². The minimum absolute atomic E-state index is 0.111. The van der Waals surface area contributed by atoms with Gasteiger partial charge in [0.25, 0.3) is 0 Å². The summed E-state index contributed by atoms with van der Waals surface area (Å²) in [6.45, 7) is 6.26. The third-order valence-corrected chi connectivity index (χ3v) is 10.1. The van der Waals surface area contributed by atoms with E-state index in [2.05, 4.69) is 142 Å². The molecule has 0 aromatic heterocycles. The topological polar surface area (TPSA) is 78.9 Å². The average molecular weight is 871 g/mol. The molecule has 6 nitrogen and oxygen atoms in total. The monoisotopic (exact) mass is 871 g/mol. The molecule has 0 aliphatic carbocycles. The summed E-state index contributed by atoms with van der Waals surface area (Å²) >= 11 is 0. The second-order valence-corrected chi connectivity index (χ2v) is 16.1. The van der Waals surface area contributed by atoms with E-state index in [0.717, 1.165) is 122 Å². The summed E-state index contributed by atoms with van der Waals surface area (Å²) in [5.74, 6) is -0.994. The van der Waals surface area contributed by atoms with E-state index in [1.54, 1.807) is 0 Å². The van der Waals surface area contributed by atoms with Crippen LogP contribution in [0.3, 0.4) is 0 Å². The first kappa shape index (κ1) is 58.8. The summed E-state index contributed by atoms with van der Waals surface area (Å²) in [6.07, 6.45) is 68.9. The highest BCUT2D eigenvalue weighted by molar-refractivity contribution is 5.71. The van der Waals surface area contributed by atoms with Crippen LogP contribution >= 0.6 is 0 Å². The van der Waals surface area contributed by atoms with E-state index in [4.69, 9.17) is 14.2 Å². The largest absolute Gasteiger partial charge is 0.462 e. The normalized spacial score (nSPS) is 13.1. The van der Waals surface area contributed by atoms with Gasteiger partial charge in [-0.25, -0.2) is 0 Å². The van der Waals surface area contributed by atoms with Crippen LogP contribution in [0.15, 0.2) is 122 Å². The molecule has 0 heterocycles. The van der Waals surface area contributed by atoms with Gasteiger partial charge >= 0.3 is 17.9 Å². The Morgan fingerprint density at radius 2 is 0.698 bits per heavy atom. The highest BCUT2D eigenvalue weighted by atomic mass is 16.6. The molecular formula is C57H90O6. The quantitative estimate of drug-likeness (QED) is 0.0200. The number of rotatable bonds is 43. The van der Waals surface area contributed by atoms with Gasteiger partial charge in [-0.3, -0.25) is 14.4 Å². The maximum absolute atomic E-state index is 12.8. The summed E-state index contributed by atoms with van der Waals surface area (Å²) < 4.78 is 16.7. The van der Waals surface area contributed by atoms with Crippen LogP contribution in [0.5, 0.6) is 0 Å². The van der Waals surface area contributed by atoms with Crippen molar-refractivity contribution in [3.8, 4) is 0 Å². The number of allylic oxidation sites excluding steroid dienone is 20. The predicted molar refractivity (Wildman–Crippen MR) is 269 cm³/mol. The third kappa shape index (κ3) is 48.7. The Balaban J connectivity index is 4.51. The molecular weight excluding hydrogens is 781 g/mol. The van der Waals surface area contributed by atoms with Crippen LogP contribution in [0.1, 0.15) is 201 Å². The molecule has 0 amide bonds. The molecule has 6 heteroatoms. The standard InChI is InChI=1S/C57H90O6/c1-4-7-10-13-16-19-22-25-27-28-29-31-32-35-38-41-44-47-50-56(59)62-53-54(52-61-55(58)49-46-43-40-37-34-24-21-18-15-12-9-6-3)63-57(60)51-48-45-42-39-36-33-30-26-23-20-17-14-11-8-5-2/h8-9,11-12,14,16-23,25,27-29,31,34,37,54H,4-7,10,13,15,24,26,30,32-33,35-36,38-53H2,1-3H3/b11-8-,12-9-,17-14-,19-16-,21-18-,23-20-,25-22-,28-27-,31-29-,37-34-. The van der Waals surface area contributed by atoms with E-state index >= 15 is 0 Å². The highest BCUT2D eigenvalue weighted by Gasteiger charge is 2.19. The molecule has 0 aliphatic rings. The van der Waals surface area contributed by atoms with Gasteiger partial charge in [0.15, 0.2) is 6.10 Å². The second-order valence-electron chi connectivity index (χ2n) is 16.1. The first-order valence-electron chi connectivity index (χ1n) is 25.1. The van der Waals surface area contributed by atoms with Crippen molar-refractivity contribution in [1.82, 2.24) is 0 Å². The molecule has 0 bridgehead atoms. The molecule has 1 unspecified atom stereocenters. The van der Waals surface area contributed by atoms with Gasteiger partial charge in [-0.05, 0) is 96.3 Å². The van der Waals surface area contributed by atoms with E-state index < -0.39 is 6.10 Å². The first-order chi connectivity index (χ1) is 31.0. The maximum Gasteiger partial charge on any atom is 0.306 e. The zero-order valence-corrected chi connectivity index (χ0v) is 40.3. The van der Waals surface area contributed by atoms with Crippen molar-refractivity contribution in [1.29, 1.82) is 0 Å². The molecule has 354 valence electrons. The summed E-state index contributed by atoms with van der Waals surface area (Å²) in [6, 6.07) is 0. The summed E-state index contributed by atoms with van der Waals surface area (Å²) in [4.78, 5) is 37.9. The van der Waals surface area contributed by atoms with E-state index in [0.29, 0.717) is 19.3 Å². The van der Waals surface area contributed by atoms with Crippen molar-refractivity contribution >= 4 is 17.9 Å². The molecule has 0 saturated heterocycles. The lowest BCUT2D eigenvalue weighted by Crippen LogP contribution is -2.30. The van der Waals surface area contributed by atoms with Crippen molar-refractivity contribution in [3.05, 3.63) is 122 Å². The van der Waals surface area contributed by atoms with Crippen LogP contribution in [0, 0.1) is 0 Å². The number of ether oxygens (including phenoxy) is 3. The minimum Gasteiger partial charge on any atom is -0.462 e. The Morgan fingerprint density at radius 3 is 1.19 bits per heavy atom.